The first kappa shape index (κ1) is 23.4. The van der Waals surface area contributed by atoms with Crippen LogP contribution in [0.4, 0.5) is 5.82 Å². The number of ether oxygens (including phenoxy) is 1. The van der Waals surface area contributed by atoms with Crippen LogP contribution < -0.4 is 16.2 Å². The van der Waals surface area contributed by atoms with Crippen LogP contribution in [0.25, 0.3) is 12.2 Å². The SMILES string of the molecule is C=CC(=Nc1cc(C2CNCCO2)nc(/C=C/c2ccccc2)n1)NNCC.CC. The highest BCUT2D eigenvalue weighted by molar-refractivity contribution is 5.93. The van der Waals surface area contributed by atoms with Gasteiger partial charge in [0.25, 0.3) is 0 Å². The molecule has 160 valence electrons. The maximum absolute atomic E-state index is 5.86. The Morgan fingerprint density at radius 1 is 1.27 bits per heavy atom. The fourth-order valence-corrected chi connectivity index (χ4v) is 2.69. The summed E-state index contributed by atoms with van der Waals surface area (Å²) in [6.45, 7) is 12.8. The largest absolute Gasteiger partial charge is 0.369 e. The van der Waals surface area contributed by atoms with Gasteiger partial charge in [0.2, 0.25) is 0 Å². The second kappa shape index (κ2) is 13.4. The van der Waals surface area contributed by atoms with E-state index in [2.05, 4.69) is 37.7 Å². The van der Waals surface area contributed by atoms with Crippen molar-refractivity contribution in [3.05, 3.63) is 66.1 Å². The van der Waals surface area contributed by atoms with Crippen molar-refractivity contribution >= 4 is 23.8 Å². The molecule has 0 saturated carbocycles. The van der Waals surface area contributed by atoms with E-state index < -0.39 is 0 Å². The molecular formula is C23H32N6O. The summed E-state index contributed by atoms with van der Waals surface area (Å²) in [5.74, 6) is 1.72. The molecule has 1 unspecified atom stereocenters. The summed E-state index contributed by atoms with van der Waals surface area (Å²) in [6.07, 6.45) is 5.39. The first-order valence-corrected chi connectivity index (χ1v) is 10.4. The molecule has 1 aromatic carbocycles. The number of hydrogen-bond donors (Lipinski definition) is 3. The first-order chi connectivity index (χ1) is 14.8. The van der Waals surface area contributed by atoms with Gasteiger partial charge in [-0.05, 0) is 17.7 Å². The molecule has 1 saturated heterocycles. The standard InChI is InChI=1S/C21H26N6O.C2H6/c1-3-19(27-23-4-2)25-21-14-17(18-15-22-12-13-28-18)24-20(26-21)11-10-16-8-6-5-7-9-16;1-2/h3,5-11,14,18,22-23H,1,4,12-13,15H2,2H3,(H,24,25,26,27);1-2H3/b11-10+;. The zero-order valence-corrected chi connectivity index (χ0v) is 18.1. The van der Waals surface area contributed by atoms with E-state index in [0.717, 1.165) is 24.3 Å². The van der Waals surface area contributed by atoms with Crippen molar-refractivity contribution in [2.24, 2.45) is 4.99 Å². The van der Waals surface area contributed by atoms with Gasteiger partial charge in [0.1, 0.15) is 11.9 Å². The summed E-state index contributed by atoms with van der Waals surface area (Å²) in [5, 5.41) is 3.33. The van der Waals surface area contributed by atoms with Crippen molar-refractivity contribution < 1.29 is 4.74 Å². The monoisotopic (exact) mass is 408 g/mol. The van der Waals surface area contributed by atoms with Gasteiger partial charge in [0, 0.05) is 25.7 Å². The van der Waals surface area contributed by atoms with Gasteiger partial charge < -0.3 is 15.5 Å². The maximum Gasteiger partial charge on any atom is 0.158 e. The highest BCUT2D eigenvalue weighted by Gasteiger charge is 2.18. The van der Waals surface area contributed by atoms with Crippen molar-refractivity contribution in [1.29, 1.82) is 0 Å². The number of aliphatic imine (C=N–C) groups is 1. The minimum absolute atomic E-state index is 0.122. The quantitative estimate of drug-likeness (QED) is 0.368. The van der Waals surface area contributed by atoms with E-state index in [4.69, 9.17) is 4.74 Å². The third kappa shape index (κ3) is 7.51. The van der Waals surface area contributed by atoms with E-state index in [1.807, 2.05) is 69.3 Å². The van der Waals surface area contributed by atoms with E-state index >= 15 is 0 Å². The molecule has 1 aliphatic heterocycles. The predicted molar refractivity (Wildman–Crippen MR) is 124 cm³/mol. The van der Waals surface area contributed by atoms with Gasteiger partial charge in [-0.1, -0.05) is 63.8 Å². The fraction of sp³-hybridized carbons (Fsp3) is 0.348. The van der Waals surface area contributed by atoms with E-state index in [9.17, 15) is 0 Å². The lowest BCUT2D eigenvalue weighted by atomic mass is 10.2. The van der Waals surface area contributed by atoms with Crippen LogP contribution in [0.1, 0.15) is 44.0 Å². The van der Waals surface area contributed by atoms with Gasteiger partial charge in [0.15, 0.2) is 11.6 Å². The molecule has 1 aromatic heterocycles. The molecule has 1 atom stereocenters. The summed E-state index contributed by atoms with van der Waals surface area (Å²) in [5.41, 5.74) is 7.91. The Hall–Kier alpha value is -2.87. The molecule has 2 aromatic rings. The summed E-state index contributed by atoms with van der Waals surface area (Å²) in [4.78, 5) is 13.8. The molecular weight excluding hydrogens is 376 g/mol. The zero-order chi connectivity index (χ0) is 21.6. The Balaban J connectivity index is 0.00000155. The van der Waals surface area contributed by atoms with Crippen LogP contribution >= 0.6 is 0 Å². The predicted octanol–water partition coefficient (Wildman–Crippen LogP) is 3.66. The van der Waals surface area contributed by atoms with Crippen molar-refractivity contribution in [3.8, 4) is 0 Å². The highest BCUT2D eigenvalue weighted by atomic mass is 16.5. The number of rotatable bonds is 7. The second-order valence-corrected chi connectivity index (χ2v) is 6.17. The molecule has 0 bridgehead atoms. The lowest BCUT2D eigenvalue weighted by Gasteiger charge is -2.23. The van der Waals surface area contributed by atoms with Crippen LogP contribution in [-0.4, -0.2) is 42.0 Å². The molecule has 2 heterocycles. The van der Waals surface area contributed by atoms with E-state index in [-0.39, 0.29) is 6.10 Å². The van der Waals surface area contributed by atoms with Crippen molar-refractivity contribution in [1.82, 2.24) is 26.1 Å². The van der Waals surface area contributed by atoms with Crippen LogP contribution in [0.5, 0.6) is 0 Å². The van der Waals surface area contributed by atoms with Gasteiger partial charge >= 0.3 is 0 Å². The number of hydrogen-bond acceptors (Lipinski definition) is 6. The number of aromatic nitrogens is 2. The van der Waals surface area contributed by atoms with Gasteiger partial charge in [-0.3, -0.25) is 0 Å². The number of amidine groups is 1. The fourth-order valence-electron chi connectivity index (χ4n) is 2.69. The van der Waals surface area contributed by atoms with E-state index in [0.29, 0.717) is 30.6 Å². The van der Waals surface area contributed by atoms with Crippen LogP contribution in [0.15, 0.2) is 54.0 Å². The molecule has 0 spiro atoms. The van der Waals surface area contributed by atoms with Crippen molar-refractivity contribution in [2.45, 2.75) is 26.9 Å². The smallest absolute Gasteiger partial charge is 0.158 e. The number of benzene rings is 1. The number of nitrogens with zero attached hydrogens (tertiary/aromatic N) is 3. The summed E-state index contributed by atoms with van der Waals surface area (Å²) < 4.78 is 5.86. The average molecular weight is 409 g/mol. The summed E-state index contributed by atoms with van der Waals surface area (Å²) in [7, 11) is 0. The lowest BCUT2D eigenvalue weighted by Crippen LogP contribution is -2.36. The molecule has 0 amide bonds. The van der Waals surface area contributed by atoms with Crippen LogP contribution in [0.3, 0.4) is 0 Å². The number of hydrazine groups is 1. The summed E-state index contributed by atoms with van der Waals surface area (Å²) >= 11 is 0. The minimum atomic E-state index is -0.122. The van der Waals surface area contributed by atoms with Crippen LogP contribution in [0.2, 0.25) is 0 Å². The Bertz CT molecular complexity index is 829. The second-order valence-electron chi connectivity index (χ2n) is 6.17. The van der Waals surface area contributed by atoms with Crippen LogP contribution in [-0.2, 0) is 4.74 Å². The Morgan fingerprint density at radius 2 is 2.07 bits per heavy atom. The lowest BCUT2D eigenvalue weighted by molar-refractivity contribution is 0.0249. The maximum atomic E-state index is 5.86. The third-order valence-electron chi connectivity index (χ3n) is 4.05. The molecule has 1 aliphatic rings. The first-order valence-electron chi connectivity index (χ1n) is 10.4. The van der Waals surface area contributed by atoms with Gasteiger partial charge in [-0.2, -0.15) is 0 Å². The Labute approximate surface area is 179 Å². The summed E-state index contributed by atoms with van der Waals surface area (Å²) in [6, 6.07) is 11.9. The Kier molecular flexibility index (Phi) is 10.4. The van der Waals surface area contributed by atoms with Crippen LogP contribution in [0, 0.1) is 0 Å². The van der Waals surface area contributed by atoms with Gasteiger partial charge in [-0.15, -0.1) is 0 Å². The van der Waals surface area contributed by atoms with Gasteiger partial charge in [0.05, 0.1) is 12.3 Å². The number of morpholine rings is 1. The molecule has 3 rings (SSSR count). The van der Waals surface area contributed by atoms with E-state index in [1.165, 1.54) is 0 Å². The molecule has 1 fully saturated rings. The molecule has 0 aliphatic carbocycles. The number of nitrogens with one attached hydrogen (secondary N) is 3. The zero-order valence-electron chi connectivity index (χ0n) is 18.1. The van der Waals surface area contributed by atoms with E-state index in [1.54, 1.807) is 6.08 Å². The molecule has 30 heavy (non-hydrogen) atoms. The molecule has 7 heteroatoms. The molecule has 7 nitrogen and oxygen atoms in total. The average Bonchev–Trinajstić information content (AvgIpc) is 2.83. The molecule has 3 N–H and O–H groups in total. The normalized spacial score (nSPS) is 16.6. The minimum Gasteiger partial charge on any atom is -0.369 e. The van der Waals surface area contributed by atoms with Gasteiger partial charge in [-0.25, -0.2) is 20.4 Å². The molecule has 0 radical (unpaired) electrons. The topological polar surface area (TPSA) is 83.5 Å². The Morgan fingerprint density at radius 3 is 2.73 bits per heavy atom. The van der Waals surface area contributed by atoms with Crippen molar-refractivity contribution in [3.63, 3.8) is 0 Å². The third-order valence-corrected chi connectivity index (χ3v) is 4.05. The highest BCUT2D eigenvalue weighted by Crippen LogP contribution is 2.21. The van der Waals surface area contributed by atoms with Crippen molar-refractivity contribution in [2.75, 3.05) is 26.2 Å².